The summed E-state index contributed by atoms with van der Waals surface area (Å²) >= 11 is 0. The van der Waals surface area contributed by atoms with E-state index in [-0.39, 0.29) is 30.6 Å². The highest BCUT2D eigenvalue weighted by atomic mass is 16.5. The summed E-state index contributed by atoms with van der Waals surface area (Å²) in [5.74, 6) is -0.0390. The highest BCUT2D eigenvalue weighted by Crippen LogP contribution is 2.32. The van der Waals surface area contributed by atoms with Crippen LogP contribution in [0, 0.1) is 6.92 Å². The Kier molecular flexibility index (Phi) is 7.70. The van der Waals surface area contributed by atoms with Crippen molar-refractivity contribution in [2.45, 2.75) is 57.7 Å². The number of nitrogens with one attached hydrogen (secondary N) is 1. The molecule has 7 heteroatoms. The molecule has 0 bridgehead atoms. The predicted molar refractivity (Wildman–Crippen MR) is 128 cm³/mol. The first-order valence-corrected chi connectivity index (χ1v) is 12.1. The zero-order valence-corrected chi connectivity index (χ0v) is 19.8. The molecule has 1 N–H and O–H groups in total. The number of amides is 3. The number of ether oxygens (including phenoxy) is 1. The Labute approximate surface area is 196 Å². The lowest BCUT2D eigenvalue weighted by Crippen LogP contribution is -2.52. The van der Waals surface area contributed by atoms with Crippen molar-refractivity contribution in [1.82, 2.24) is 19.7 Å². The average Bonchev–Trinajstić information content (AvgIpc) is 3.31. The van der Waals surface area contributed by atoms with Crippen LogP contribution in [0.4, 0.5) is 4.79 Å². The zero-order valence-electron chi connectivity index (χ0n) is 19.8. The Morgan fingerprint density at radius 3 is 2.58 bits per heavy atom. The summed E-state index contributed by atoms with van der Waals surface area (Å²) in [7, 11) is 1.62. The highest BCUT2D eigenvalue weighted by molar-refractivity contribution is 5.85. The van der Waals surface area contributed by atoms with E-state index in [2.05, 4.69) is 53.3 Å². The predicted octanol–water partition coefficient (Wildman–Crippen LogP) is 3.72. The van der Waals surface area contributed by atoms with E-state index in [4.69, 9.17) is 4.74 Å². The lowest BCUT2D eigenvalue weighted by Gasteiger charge is -2.38. The van der Waals surface area contributed by atoms with Crippen molar-refractivity contribution >= 4 is 11.9 Å². The number of benzene rings is 1. The summed E-state index contributed by atoms with van der Waals surface area (Å²) in [5.41, 5.74) is 3.38. The fourth-order valence-electron chi connectivity index (χ4n) is 4.97. The summed E-state index contributed by atoms with van der Waals surface area (Å²) in [6, 6.07) is 12.4. The first-order chi connectivity index (χ1) is 16.1. The normalized spacial score (nSPS) is 18.6. The van der Waals surface area contributed by atoms with Crippen LogP contribution >= 0.6 is 0 Å². The molecule has 1 aliphatic heterocycles. The minimum atomic E-state index is -0.167. The lowest BCUT2D eigenvalue weighted by molar-refractivity contribution is -0.134. The van der Waals surface area contributed by atoms with Crippen molar-refractivity contribution in [2.75, 3.05) is 33.4 Å². The van der Waals surface area contributed by atoms with E-state index < -0.39 is 0 Å². The molecule has 1 atom stereocenters. The maximum Gasteiger partial charge on any atom is 0.318 e. The molecule has 0 spiro atoms. The van der Waals surface area contributed by atoms with Gasteiger partial charge in [-0.05, 0) is 37.5 Å². The van der Waals surface area contributed by atoms with Gasteiger partial charge in [0.05, 0.1) is 12.6 Å². The number of urea groups is 1. The molecule has 2 aliphatic rings. The first-order valence-electron chi connectivity index (χ1n) is 12.1. The van der Waals surface area contributed by atoms with Crippen LogP contribution in [0.3, 0.4) is 0 Å². The minimum absolute atomic E-state index is 0.0390. The molecule has 1 aromatic heterocycles. The molecule has 1 saturated carbocycles. The number of methoxy groups -OCH3 is 1. The molecular weight excluding hydrogens is 416 g/mol. The molecule has 7 nitrogen and oxygen atoms in total. The summed E-state index contributed by atoms with van der Waals surface area (Å²) in [5, 5.41) is 3.15. The van der Waals surface area contributed by atoms with Crippen LogP contribution < -0.4 is 5.32 Å². The Bertz CT molecular complexity index is 933. The van der Waals surface area contributed by atoms with E-state index in [1.807, 2.05) is 11.0 Å². The van der Waals surface area contributed by atoms with Gasteiger partial charge in [-0.15, -0.1) is 0 Å². The molecule has 1 fully saturated rings. The number of carbonyl (C=O) groups excluding carboxylic acids is 2. The fourth-order valence-corrected chi connectivity index (χ4v) is 4.97. The number of rotatable bonds is 7. The van der Waals surface area contributed by atoms with Crippen molar-refractivity contribution in [1.29, 1.82) is 0 Å². The van der Waals surface area contributed by atoms with Gasteiger partial charge in [-0.1, -0.05) is 49.1 Å². The summed E-state index contributed by atoms with van der Waals surface area (Å²) < 4.78 is 7.44. The maximum absolute atomic E-state index is 13.6. The molecule has 4 rings (SSSR count). The Hall–Kier alpha value is -2.80. The quantitative estimate of drug-likeness (QED) is 0.696. The second-order valence-corrected chi connectivity index (χ2v) is 9.23. The second kappa shape index (κ2) is 10.9. The smallest absolute Gasteiger partial charge is 0.318 e. The van der Waals surface area contributed by atoms with Gasteiger partial charge >= 0.3 is 6.03 Å². The second-order valence-electron chi connectivity index (χ2n) is 9.23. The van der Waals surface area contributed by atoms with Crippen LogP contribution in [-0.4, -0.2) is 65.7 Å². The van der Waals surface area contributed by atoms with Gasteiger partial charge in [0.1, 0.15) is 6.54 Å². The molecule has 0 radical (unpaired) electrons. The molecule has 2 aromatic rings. The summed E-state index contributed by atoms with van der Waals surface area (Å²) in [6.07, 6.45) is 7.62. The number of aromatic nitrogens is 1. The third-order valence-corrected chi connectivity index (χ3v) is 6.86. The van der Waals surface area contributed by atoms with Crippen molar-refractivity contribution in [3.05, 3.63) is 59.4 Å². The molecule has 1 aliphatic carbocycles. The largest absolute Gasteiger partial charge is 0.383 e. The van der Waals surface area contributed by atoms with Gasteiger partial charge in [-0.2, -0.15) is 0 Å². The lowest BCUT2D eigenvalue weighted by atomic mass is 9.96. The van der Waals surface area contributed by atoms with Crippen molar-refractivity contribution in [2.24, 2.45) is 0 Å². The van der Waals surface area contributed by atoms with Gasteiger partial charge in [-0.25, -0.2) is 4.79 Å². The summed E-state index contributed by atoms with van der Waals surface area (Å²) in [4.78, 5) is 30.2. The molecule has 178 valence electrons. The fraction of sp³-hybridized carbons (Fsp3) is 0.538. The number of hydrogen-bond acceptors (Lipinski definition) is 3. The van der Waals surface area contributed by atoms with Gasteiger partial charge in [0, 0.05) is 44.7 Å². The van der Waals surface area contributed by atoms with Crippen molar-refractivity contribution < 1.29 is 14.3 Å². The molecular formula is C26H36N4O3. The van der Waals surface area contributed by atoms with Gasteiger partial charge in [0.15, 0.2) is 0 Å². The van der Waals surface area contributed by atoms with E-state index >= 15 is 0 Å². The number of nitrogens with zero attached hydrogens (tertiary/aromatic N) is 3. The van der Waals surface area contributed by atoms with Crippen LogP contribution in [0.15, 0.2) is 42.6 Å². The number of aryl methyl sites for hydroxylation is 1. The molecule has 0 saturated heterocycles. The zero-order chi connectivity index (χ0) is 23.2. The van der Waals surface area contributed by atoms with E-state index in [1.165, 1.54) is 12.0 Å². The molecule has 33 heavy (non-hydrogen) atoms. The average molecular weight is 453 g/mol. The van der Waals surface area contributed by atoms with E-state index in [0.717, 1.165) is 43.5 Å². The van der Waals surface area contributed by atoms with Crippen LogP contribution in [0.1, 0.15) is 55.0 Å². The number of fused-ring (bicyclic) bond motifs is 1. The van der Waals surface area contributed by atoms with E-state index in [0.29, 0.717) is 19.7 Å². The molecule has 2 heterocycles. The minimum Gasteiger partial charge on any atom is -0.383 e. The molecule has 1 unspecified atom stereocenters. The number of hydrogen-bond donors (Lipinski definition) is 1. The van der Waals surface area contributed by atoms with Gasteiger partial charge < -0.3 is 24.4 Å². The Balaban J connectivity index is 1.51. The standard InChI is InChI=1S/C26H36N4O3/c1-20-10-12-21(13-11-20)25-23-9-6-14-28(23)15-16-30(25)24(31)19-29(17-18-33-2)26(32)27-22-7-4-3-5-8-22/h6,9-14,22,25H,3-5,7-8,15-19H2,1-2H3,(H,27,32). The summed E-state index contributed by atoms with van der Waals surface area (Å²) in [6.45, 7) is 4.26. The van der Waals surface area contributed by atoms with Crippen molar-refractivity contribution in [3.8, 4) is 0 Å². The topological polar surface area (TPSA) is 66.8 Å². The SMILES string of the molecule is COCCN(CC(=O)N1CCn2cccc2C1c1ccc(C)cc1)C(=O)NC1CCCCC1. The first kappa shape index (κ1) is 23.4. The third-order valence-electron chi connectivity index (χ3n) is 6.86. The molecule has 1 aromatic carbocycles. The van der Waals surface area contributed by atoms with E-state index in [9.17, 15) is 9.59 Å². The van der Waals surface area contributed by atoms with Crippen LogP contribution in [-0.2, 0) is 16.1 Å². The van der Waals surface area contributed by atoms with Crippen LogP contribution in [0.2, 0.25) is 0 Å². The van der Waals surface area contributed by atoms with Gasteiger partial charge in [0.2, 0.25) is 5.91 Å². The maximum atomic E-state index is 13.6. The monoisotopic (exact) mass is 452 g/mol. The van der Waals surface area contributed by atoms with Crippen LogP contribution in [0.5, 0.6) is 0 Å². The molecule has 3 amide bonds. The number of carbonyl (C=O) groups is 2. The Morgan fingerprint density at radius 1 is 1.09 bits per heavy atom. The van der Waals surface area contributed by atoms with Gasteiger partial charge in [0.25, 0.3) is 0 Å². The Morgan fingerprint density at radius 2 is 1.85 bits per heavy atom. The highest BCUT2D eigenvalue weighted by Gasteiger charge is 2.33. The van der Waals surface area contributed by atoms with Crippen LogP contribution in [0.25, 0.3) is 0 Å². The van der Waals surface area contributed by atoms with Gasteiger partial charge in [-0.3, -0.25) is 4.79 Å². The van der Waals surface area contributed by atoms with E-state index in [1.54, 1.807) is 12.0 Å². The van der Waals surface area contributed by atoms with Crippen molar-refractivity contribution in [3.63, 3.8) is 0 Å². The third kappa shape index (κ3) is 5.58.